The molecule has 6 rings (SSSR count). The summed E-state index contributed by atoms with van der Waals surface area (Å²) in [5.74, 6) is -0.0580. The molecule has 2 aliphatic rings. The number of aromatic nitrogens is 1. The number of nitrogens with zero attached hydrogens (tertiary/aromatic N) is 3. The monoisotopic (exact) mass is 540 g/mol. The molecule has 0 amide bonds. The van der Waals surface area contributed by atoms with E-state index in [0.717, 1.165) is 59.0 Å². The first-order valence-electron chi connectivity index (χ1n) is 13.5. The van der Waals surface area contributed by atoms with Crippen LogP contribution in [-0.4, -0.2) is 44.6 Å². The van der Waals surface area contributed by atoms with Gasteiger partial charge in [-0.2, -0.15) is 5.26 Å². The number of nitrogens with one attached hydrogen (secondary N) is 1. The highest BCUT2D eigenvalue weighted by molar-refractivity contribution is 6.02. The van der Waals surface area contributed by atoms with Crippen molar-refractivity contribution in [2.45, 2.75) is 25.8 Å². The molecule has 4 aromatic rings. The summed E-state index contributed by atoms with van der Waals surface area (Å²) in [6.45, 7) is 4.50. The Morgan fingerprint density at radius 2 is 1.82 bits per heavy atom. The van der Waals surface area contributed by atoms with E-state index in [-0.39, 0.29) is 23.9 Å². The Labute approximate surface area is 232 Å². The molecule has 1 saturated carbocycles. The van der Waals surface area contributed by atoms with Crippen molar-refractivity contribution >= 4 is 16.6 Å². The number of pyridine rings is 1. The van der Waals surface area contributed by atoms with E-state index in [4.69, 9.17) is 14.5 Å². The summed E-state index contributed by atoms with van der Waals surface area (Å²) >= 11 is 0. The maximum absolute atomic E-state index is 14.6. The maximum atomic E-state index is 14.6. The van der Waals surface area contributed by atoms with Gasteiger partial charge in [0.25, 0.3) is 0 Å². The van der Waals surface area contributed by atoms with Crippen LogP contribution in [0.5, 0.6) is 5.75 Å². The van der Waals surface area contributed by atoms with Gasteiger partial charge in [0, 0.05) is 61.4 Å². The van der Waals surface area contributed by atoms with Crippen molar-refractivity contribution < 1.29 is 18.3 Å². The van der Waals surface area contributed by atoms with Crippen molar-refractivity contribution in [1.29, 1.82) is 5.26 Å². The smallest absolute Gasteiger partial charge is 0.188 e. The van der Waals surface area contributed by atoms with Crippen molar-refractivity contribution in [1.82, 2.24) is 10.3 Å². The molecule has 1 aromatic heterocycles. The Balaban J connectivity index is 1.49. The number of fused-ring (bicyclic) bond motifs is 1. The van der Waals surface area contributed by atoms with E-state index < -0.39 is 5.82 Å². The summed E-state index contributed by atoms with van der Waals surface area (Å²) in [6, 6.07) is 15.9. The van der Waals surface area contributed by atoms with Crippen LogP contribution in [-0.2, 0) is 4.74 Å². The summed E-state index contributed by atoms with van der Waals surface area (Å²) in [6.07, 6.45) is 4.31. The van der Waals surface area contributed by atoms with Crippen molar-refractivity contribution in [3.8, 4) is 34.1 Å². The SMILES string of the molecule is COCOc1c(C#N)cc(F)cc1-c1ccc2ncc(-c3cc(C)cc(F)c3)c(N3CC(CNC4CC4)C3)c2c1. The van der Waals surface area contributed by atoms with E-state index in [1.807, 2.05) is 43.5 Å². The lowest BCUT2D eigenvalue weighted by Crippen LogP contribution is -2.51. The molecule has 1 aliphatic heterocycles. The lowest BCUT2D eigenvalue weighted by molar-refractivity contribution is 0.0513. The van der Waals surface area contributed by atoms with Gasteiger partial charge in [0.05, 0.1) is 16.8 Å². The van der Waals surface area contributed by atoms with Crippen LogP contribution in [0, 0.1) is 35.8 Å². The quantitative estimate of drug-likeness (QED) is 0.255. The number of anilines is 1. The number of hydrogen-bond acceptors (Lipinski definition) is 6. The molecule has 1 saturated heterocycles. The standard InChI is InChI=1S/C32H30F2N4O2/c1-19-7-22(9-24(33)8-19)29-15-37-30-6-3-21(27-12-25(34)10-23(13-35)32(27)40-18-39-2)11-28(30)31(29)38-16-20(17-38)14-36-26-4-5-26/h3,6-12,15,20,26,36H,4-5,14,16-18H2,1-2H3. The van der Waals surface area contributed by atoms with Crippen LogP contribution in [0.4, 0.5) is 14.5 Å². The lowest BCUT2D eigenvalue weighted by atomic mass is 9.92. The number of aryl methyl sites for hydroxylation is 1. The fraction of sp³-hybridized carbons (Fsp3) is 0.312. The van der Waals surface area contributed by atoms with Crippen LogP contribution in [0.25, 0.3) is 33.2 Å². The molecule has 40 heavy (non-hydrogen) atoms. The number of hydrogen-bond donors (Lipinski definition) is 1. The van der Waals surface area contributed by atoms with E-state index in [1.165, 1.54) is 38.2 Å². The van der Waals surface area contributed by atoms with Crippen LogP contribution in [0.2, 0.25) is 0 Å². The third kappa shape index (κ3) is 5.23. The molecule has 0 bridgehead atoms. The van der Waals surface area contributed by atoms with Gasteiger partial charge in [-0.15, -0.1) is 0 Å². The summed E-state index contributed by atoms with van der Waals surface area (Å²) < 4.78 is 39.9. The van der Waals surface area contributed by atoms with E-state index in [0.29, 0.717) is 23.1 Å². The van der Waals surface area contributed by atoms with E-state index in [2.05, 4.69) is 10.2 Å². The molecule has 1 aliphatic carbocycles. The zero-order chi connectivity index (χ0) is 27.8. The summed E-state index contributed by atoms with van der Waals surface area (Å²) in [5.41, 5.74) is 5.38. The zero-order valence-electron chi connectivity index (χ0n) is 22.5. The second-order valence-corrected chi connectivity index (χ2v) is 10.7. The molecule has 6 nitrogen and oxygen atoms in total. The third-order valence-electron chi connectivity index (χ3n) is 7.54. The zero-order valence-corrected chi connectivity index (χ0v) is 22.5. The van der Waals surface area contributed by atoms with E-state index in [1.54, 1.807) is 0 Å². The van der Waals surface area contributed by atoms with Gasteiger partial charge < -0.3 is 19.7 Å². The Hall–Kier alpha value is -4.06. The minimum Gasteiger partial charge on any atom is -0.466 e. The molecule has 0 unspecified atom stereocenters. The number of ether oxygens (including phenoxy) is 2. The topological polar surface area (TPSA) is 70.4 Å². The Kier molecular flexibility index (Phi) is 7.09. The van der Waals surface area contributed by atoms with Crippen LogP contribution in [0.3, 0.4) is 0 Å². The Morgan fingerprint density at radius 1 is 1.02 bits per heavy atom. The van der Waals surface area contributed by atoms with Crippen LogP contribution >= 0.6 is 0 Å². The predicted octanol–water partition coefficient (Wildman–Crippen LogP) is 6.20. The van der Waals surface area contributed by atoms with Gasteiger partial charge in [-0.05, 0) is 72.9 Å². The van der Waals surface area contributed by atoms with Crippen molar-refractivity contribution in [2.75, 3.05) is 38.4 Å². The number of nitriles is 1. The first-order valence-corrected chi connectivity index (χ1v) is 13.5. The second kappa shape index (κ2) is 10.8. The Bertz CT molecular complexity index is 1600. The maximum Gasteiger partial charge on any atom is 0.188 e. The average Bonchev–Trinajstić information content (AvgIpc) is 3.74. The van der Waals surface area contributed by atoms with Gasteiger partial charge in [0.15, 0.2) is 6.79 Å². The van der Waals surface area contributed by atoms with Crippen molar-refractivity contribution in [2.24, 2.45) is 5.92 Å². The van der Waals surface area contributed by atoms with Gasteiger partial charge in [-0.25, -0.2) is 8.78 Å². The Morgan fingerprint density at radius 3 is 2.55 bits per heavy atom. The predicted molar refractivity (Wildman–Crippen MR) is 151 cm³/mol. The number of methoxy groups -OCH3 is 1. The number of halogens is 2. The molecule has 0 spiro atoms. The minimum absolute atomic E-state index is 0.0825. The normalized spacial score (nSPS) is 15.2. The molecule has 8 heteroatoms. The van der Waals surface area contributed by atoms with Gasteiger partial charge in [-0.1, -0.05) is 12.1 Å². The fourth-order valence-corrected chi connectivity index (χ4v) is 5.46. The molecule has 2 fully saturated rings. The van der Waals surface area contributed by atoms with Crippen LogP contribution in [0.15, 0.2) is 54.7 Å². The highest BCUT2D eigenvalue weighted by atomic mass is 19.1. The first-order chi connectivity index (χ1) is 19.4. The summed E-state index contributed by atoms with van der Waals surface area (Å²) in [7, 11) is 1.49. The molecule has 2 heterocycles. The van der Waals surface area contributed by atoms with Crippen molar-refractivity contribution in [3.05, 3.63) is 77.5 Å². The number of benzene rings is 3. The summed E-state index contributed by atoms with van der Waals surface area (Å²) in [5, 5.41) is 14.2. The number of rotatable bonds is 9. The third-order valence-corrected chi connectivity index (χ3v) is 7.54. The van der Waals surface area contributed by atoms with E-state index >= 15 is 0 Å². The fourth-order valence-electron chi connectivity index (χ4n) is 5.46. The lowest BCUT2D eigenvalue weighted by Gasteiger charge is -2.42. The first kappa shape index (κ1) is 26.2. The molecule has 204 valence electrons. The van der Waals surface area contributed by atoms with Crippen LogP contribution in [0.1, 0.15) is 24.0 Å². The van der Waals surface area contributed by atoms with Gasteiger partial charge in [0.1, 0.15) is 23.5 Å². The largest absolute Gasteiger partial charge is 0.466 e. The molecular weight excluding hydrogens is 510 g/mol. The van der Waals surface area contributed by atoms with E-state index in [9.17, 15) is 14.0 Å². The minimum atomic E-state index is -0.535. The molecule has 1 N–H and O–H groups in total. The van der Waals surface area contributed by atoms with Gasteiger partial charge in [-0.3, -0.25) is 4.98 Å². The molecule has 0 radical (unpaired) electrons. The molecule has 3 aromatic carbocycles. The van der Waals surface area contributed by atoms with Gasteiger partial charge >= 0.3 is 0 Å². The average molecular weight is 541 g/mol. The van der Waals surface area contributed by atoms with Gasteiger partial charge in [0.2, 0.25) is 0 Å². The van der Waals surface area contributed by atoms with Crippen molar-refractivity contribution in [3.63, 3.8) is 0 Å². The van der Waals surface area contributed by atoms with Crippen LogP contribution < -0.4 is 15.0 Å². The summed E-state index contributed by atoms with van der Waals surface area (Å²) in [4.78, 5) is 7.04. The highest BCUT2D eigenvalue weighted by Crippen LogP contribution is 2.43. The molecular formula is C32H30F2N4O2. The highest BCUT2D eigenvalue weighted by Gasteiger charge is 2.32. The second-order valence-electron chi connectivity index (χ2n) is 10.7. The molecule has 0 atom stereocenters.